The largest absolute Gasteiger partial charge is 0.493 e. The minimum Gasteiger partial charge on any atom is -0.493 e. The Morgan fingerprint density at radius 3 is 2.00 bits per heavy atom. The molecule has 3 amide bonds. The average Bonchev–Trinajstić information content (AvgIpc) is 2.75. The second-order valence-corrected chi connectivity index (χ2v) is 3.82. The Morgan fingerprint density at radius 1 is 1.05 bits per heavy atom. The highest BCUT2D eigenvalue weighted by molar-refractivity contribution is 6.12. The zero-order valence-corrected chi connectivity index (χ0v) is 10.9. The fraction of sp³-hybridized carbons (Fsp3) is 0.333. The van der Waals surface area contributed by atoms with Gasteiger partial charge >= 0.3 is 6.03 Å². The summed E-state index contributed by atoms with van der Waals surface area (Å²) in [5, 5.41) is 2.20. The molecular formula is C12H14N2O5. The Hall–Kier alpha value is -2.44. The molecule has 1 aliphatic heterocycles. The zero-order valence-electron chi connectivity index (χ0n) is 10.9. The maximum atomic E-state index is 11.6. The molecule has 0 radical (unpaired) electrons. The summed E-state index contributed by atoms with van der Waals surface area (Å²) in [6, 6.07) is 2.75. The number of carbonyl (C=O) groups is 2. The number of carbonyl (C=O) groups excluding carboxylic acids is 2. The first kappa shape index (κ1) is 13.0. The number of amides is 3. The lowest BCUT2D eigenvalue weighted by Gasteiger charge is -2.18. The van der Waals surface area contributed by atoms with E-state index in [1.165, 1.54) is 26.2 Å². The number of anilines is 1. The Labute approximate surface area is 110 Å². The van der Waals surface area contributed by atoms with Crippen molar-refractivity contribution in [2.45, 2.75) is 0 Å². The predicted molar refractivity (Wildman–Crippen MR) is 67.0 cm³/mol. The molecule has 2 rings (SSSR count). The molecule has 0 aromatic heterocycles. The zero-order chi connectivity index (χ0) is 14.0. The van der Waals surface area contributed by atoms with Gasteiger partial charge in [0.05, 0.1) is 27.0 Å². The summed E-state index contributed by atoms with van der Waals surface area (Å²) in [5.41, 5.74) is 0.498. The number of nitrogens with one attached hydrogen (secondary N) is 1. The molecule has 7 heteroatoms. The monoisotopic (exact) mass is 266 g/mol. The van der Waals surface area contributed by atoms with Crippen LogP contribution in [-0.4, -0.2) is 39.8 Å². The van der Waals surface area contributed by atoms with Gasteiger partial charge in [-0.2, -0.15) is 0 Å². The first-order valence-corrected chi connectivity index (χ1v) is 5.52. The molecule has 1 heterocycles. The molecule has 1 aromatic carbocycles. The van der Waals surface area contributed by atoms with Gasteiger partial charge in [-0.05, 0) is 0 Å². The molecule has 1 aliphatic rings. The number of nitrogens with zero attached hydrogens (tertiary/aromatic N) is 1. The molecule has 0 bridgehead atoms. The second-order valence-electron chi connectivity index (χ2n) is 3.82. The highest BCUT2D eigenvalue weighted by Crippen LogP contribution is 2.41. The first-order valence-electron chi connectivity index (χ1n) is 5.52. The molecule has 1 N–H and O–H groups in total. The van der Waals surface area contributed by atoms with Gasteiger partial charge in [-0.25, -0.2) is 4.79 Å². The van der Waals surface area contributed by atoms with E-state index in [4.69, 9.17) is 14.2 Å². The van der Waals surface area contributed by atoms with E-state index in [2.05, 4.69) is 5.32 Å². The van der Waals surface area contributed by atoms with Crippen LogP contribution in [0.2, 0.25) is 0 Å². The number of urea groups is 1. The minimum atomic E-state index is -0.473. The fourth-order valence-corrected chi connectivity index (χ4v) is 1.87. The lowest BCUT2D eigenvalue weighted by atomic mass is 10.2. The average molecular weight is 266 g/mol. The smallest absolute Gasteiger partial charge is 0.329 e. The molecule has 19 heavy (non-hydrogen) atoms. The minimum absolute atomic E-state index is 0.0303. The fourth-order valence-electron chi connectivity index (χ4n) is 1.87. The molecule has 0 atom stereocenters. The van der Waals surface area contributed by atoms with E-state index in [-0.39, 0.29) is 12.5 Å². The maximum Gasteiger partial charge on any atom is 0.329 e. The van der Waals surface area contributed by atoms with Gasteiger partial charge in [0.15, 0.2) is 11.5 Å². The predicted octanol–water partition coefficient (Wildman–Crippen LogP) is 0.769. The van der Waals surface area contributed by atoms with E-state index in [9.17, 15) is 9.59 Å². The topological polar surface area (TPSA) is 77.1 Å². The molecule has 1 saturated heterocycles. The third-order valence-electron chi connectivity index (χ3n) is 2.75. The van der Waals surface area contributed by atoms with Crippen LogP contribution in [0.1, 0.15) is 0 Å². The van der Waals surface area contributed by atoms with Crippen LogP contribution in [0.5, 0.6) is 17.2 Å². The van der Waals surface area contributed by atoms with Crippen LogP contribution in [0.3, 0.4) is 0 Å². The van der Waals surface area contributed by atoms with Crippen LogP contribution >= 0.6 is 0 Å². The maximum absolute atomic E-state index is 11.6. The number of hydrogen-bond acceptors (Lipinski definition) is 5. The first-order chi connectivity index (χ1) is 9.10. The summed E-state index contributed by atoms with van der Waals surface area (Å²) in [7, 11) is 4.46. The summed E-state index contributed by atoms with van der Waals surface area (Å²) >= 11 is 0. The molecule has 0 saturated carbocycles. The van der Waals surface area contributed by atoms with Gasteiger partial charge in [-0.1, -0.05) is 0 Å². The van der Waals surface area contributed by atoms with E-state index in [1.807, 2.05) is 0 Å². The van der Waals surface area contributed by atoms with E-state index >= 15 is 0 Å². The quantitative estimate of drug-likeness (QED) is 0.814. The third kappa shape index (κ3) is 2.26. The van der Waals surface area contributed by atoms with Gasteiger partial charge < -0.3 is 14.2 Å². The second kappa shape index (κ2) is 5.05. The molecule has 7 nitrogen and oxygen atoms in total. The van der Waals surface area contributed by atoms with Gasteiger partial charge in [0.2, 0.25) is 11.7 Å². The van der Waals surface area contributed by atoms with Crippen molar-refractivity contribution in [2.24, 2.45) is 0 Å². The number of methoxy groups -OCH3 is 3. The normalized spacial score (nSPS) is 14.4. The van der Waals surface area contributed by atoms with Gasteiger partial charge in [0.1, 0.15) is 6.54 Å². The molecule has 1 aromatic rings. The van der Waals surface area contributed by atoms with Crippen molar-refractivity contribution in [3.05, 3.63) is 12.1 Å². The molecule has 1 fully saturated rings. The summed E-state index contributed by atoms with van der Waals surface area (Å²) in [4.78, 5) is 24.1. The number of hydrogen-bond donors (Lipinski definition) is 1. The van der Waals surface area contributed by atoms with E-state index in [0.29, 0.717) is 22.9 Å². The lowest BCUT2D eigenvalue weighted by Crippen LogP contribution is -2.27. The van der Waals surface area contributed by atoms with E-state index in [0.717, 1.165) is 0 Å². The molecular weight excluding hydrogens is 252 g/mol. The Balaban J connectivity index is 2.47. The van der Waals surface area contributed by atoms with Crippen molar-refractivity contribution < 1.29 is 23.8 Å². The van der Waals surface area contributed by atoms with Gasteiger partial charge in [0, 0.05) is 12.1 Å². The number of ether oxygens (including phenoxy) is 3. The van der Waals surface area contributed by atoms with E-state index < -0.39 is 6.03 Å². The van der Waals surface area contributed by atoms with Crippen molar-refractivity contribution in [1.29, 1.82) is 0 Å². The van der Waals surface area contributed by atoms with E-state index in [1.54, 1.807) is 12.1 Å². The van der Waals surface area contributed by atoms with Crippen molar-refractivity contribution in [3.63, 3.8) is 0 Å². The van der Waals surface area contributed by atoms with Crippen LogP contribution in [0.25, 0.3) is 0 Å². The molecule has 0 unspecified atom stereocenters. The van der Waals surface area contributed by atoms with Crippen LogP contribution < -0.4 is 24.4 Å². The SMILES string of the molecule is COc1cc(N2CC(=O)NC2=O)cc(OC)c1OC. The summed E-state index contributed by atoms with van der Waals surface area (Å²) in [6.07, 6.45) is 0. The van der Waals surface area contributed by atoms with Crippen LogP contribution in [0.4, 0.5) is 10.5 Å². The molecule has 102 valence electrons. The van der Waals surface area contributed by atoms with Crippen molar-refractivity contribution in [1.82, 2.24) is 5.32 Å². The number of imide groups is 1. The highest BCUT2D eigenvalue weighted by atomic mass is 16.5. The highest BCUT2D eigenvalue weighted by Gasteiger charge is 2.29. The van der Waals surface area contributed by atoms with Crippen molar-refractivity contribution in [3.8, 4) is 17.2 Å². The van der Waals surface area contributed by atoms with Crippen molar-refractivity contribution >= 4 is 17.6 Å². The number of benzene rings is 1. The van der Waals surface area contributed by atoms with Gasteiger partial charge in [0.25, 0.3) is 0 Å². The Kier molecular flexibility index (Phi) is 3.46. The van der Waals surface area contributed by atoms with Crippen molar-refractivity contribution in [2.75, 3.05) is 32.8 Å². The summed E-state index contributed by atoms with van der Waals surface area (Å²) in [6.45, 7) is -0.0303. The van der Waals surface area contributed by atoms with Crippen LogP contribution in [0.15, 0.2) is 12.1 Å². The Morgan fingerprint density at radius 2 is 1.63 bits per heavy atom. The summed E-state index contributed by atoms with van der Waals surface area (Å²) < 4.78 is 15.6. The third-order valence-corrected chi connectivity index (χ3v) is 2.75. The standard InChI is InChI=1S/C12H14N2O5/c1-17-8-4-7(5-9(18-2)11(8)19-3)14-6-10(15)13-12(14)16/h4-5H,6H2,1-3H3,(H,13,15,16). The molecule has 0 aliphatic carbocycles. The Bertz CT molecular complexity index is 504. The number of rotatable bonds is 4. The van der Waals surface area contributed by atoms with Gasteiger partial charge in [-0.15, -0.1) is 0 Å². The van der Waals surface area contributed by atoms with Crippen LogP contribution in [-0.2, 0) is 4.79 Å². The summed E-state index contributed by atoms with van der Waals surface area (Å²) in [5.74, 6) is 0.923. The molecule has 0 spiro atoms. The van der Waals surface area contributed by atoms with Gasteiger partial charge in [-0.3, -0.25) is 15.0 Å². The van der Waals surface area contributed by atoms with Crippen LogP contribution in [0, 0.1) is 0 Å². The lowest BCUT2D eigenvalue weighted by molar-refractivity contribution is -0.117.